The van der Waals surface area contributed by atoms with Gasteiger partial charge in [-0.15, -0.1) is 11.3 Å². The lowest BCUT2D eigenvalue weighted by Crippen LogP contribution is -2.48. The van der Waals surface area contributed by atoms with Crippen LogP contribution >= 0.6 is 11.3 Å². The number of hydrogen-bond donors (Lipinski definition) is 1. The number of nitrogens with zero attached hydrogens (tertiary/aromatic N) is 3. The monoisotopic (exact) mass is 474 g/mol. The summed E-state index contributed by atoms with van der Waals surface area (Å²) in [5.41, 5.74) is 4.46. The molecular weight excluding hydrogens is 451 g/mol. The minimum Gasteiger partial charge on any atom is -0.373 e. The average Bonchev–Trinajstić information content (AvgIpc) is 3.23. The van der Waals surface area contributed by atoms with E-state index in [1.807, 2.05) is 25.3 Å². The van der Waals surface area contributed by atoms with Crippen molar-refractivity contribution < 1.29 is 17.5 Å². The Labute approximate surface area is 190 Å². The molecule has 3 aromatic rings. The zero-order valence-corrected chi connectivity index (χ0v) is 19.2. The van der Waals surface area contributed by atoms with Crippen LogP contribution in [0, 0.1) is 5.82 Å². The Bertz CT molecular complexity index is 1220. The van der Waals surface area contributed by atoms with E-state index in [1.54, 1.807) is 36.4 Å². The molecule has 1 aromatic heterocycles. The normalized spacial score (nSPS) is 20.0. The highest BCUT2D eigenvalue weighted by Crippen LogP contribution is 2.28. The summed E-state index contributed by atoms with van der Waals surface area (Å²) >= 11 is 1.32. The van der Waals surface area contributed by atoms with Crippen molar-refractivity contribution >= 4 is 32.7 Å². The predicted molar refractivity (Wildman–Crippen MR) is 124 cm³/mol. The van der Waals surface area contributed by atoms with E-state index in [9.17, 15) is 12.8 Å². The molecule has 0 bridgehead atoms. The fourth-order valence-electron chi connectivity index (χ4n) is 3.49. The van der Waals surface area contributed by atoms with Gasteiger partial charge in [-0.2, -0.15) is 9.41 Å². The third-order valence-corrected chi connectivity index (χ3v) is 7.50. The van der Waals surface area contributed by atoms with Gasteiger partial charge in [-0.05, 0) is 32.0 Å². The van der Waals surface area contributed by atoms with Crippen molar-refractivity contribution in [3.63, 3.8) is 0 Å². The molecular formula is C22H23FN4O3S2. The molecule has 0 saturated carbocycles. The minimum atomic E-state index is -3.65. The molecule has 0 spiro atoms. The molecule has 0 radical (unpaired) electrons. The lowest BCUT2D eigenvalue weighted by Gasteiger charge is -2.34. The van der Waals surface area contributed by atoms with E-state index in [4.69, 9.17) is 4.74 Å². The van der Waals surface area contributed by atoms with Gasteiger partial charge in [0.05, 0.1) is 29.0 Å². The van der Waals surface area contributed by atoms with Crippen LogP contribution in [0.2, 0.25) is 0 Å². The summed E-state index contributed by atoms with van der Waals surface area (Å²) in [6.07, 6.45) is 1.07. The topological polar surface area (TPSA) is 83.9 Å². The van der Waals surface area contributed by atoms with Crippen LogP contribution in [0.4, 0.5) is 9.52 Å². The van der Waals surface area contributed by atoms with Gasteiger partial charge >= 0.3 is 0 Å². The number of aromatic nitrogens is 1. The third kappa shape index (κ3) is 5.04. The standard InChI is InChI=1S/C22H23FN4O3S2/c1-15-12-27(13-16(2)30-15)32(28,29)19-8-5-7-17(10-19)21-14-31-22(25-21)26-24-11-18-6-3-4-9-20(18)23/h3-11,14-16H,12-13H2,1-2H3,(H,25,26)/b24-11+/t15-,16-/m0/s1. The van der Waals surface area contributed by atoms with Gasteiger partial charge in [0, 0.05) is 29.6 Å². The second kappa shape index (κ2) is 9.45. The van der Waals surface area contributed by atoms with E-state index in [1.165, 1.54) is 27.9 Å². The van der Waals surface area contributed by atoms with E-state index >= 15 is 0 Å². The number of anilines is 1. The molecule has 4 rings (SSSR count). The Morgan fingerprint density at radius 3 is 2.69 bits per heavy atom. The lowest BCUT2D eigenvalue weighted by atomic mass is 10.2. The summed E-state index contributed by atoms with van der Waals surface area (Å²) in [6.45, 7) is 4.38. The molecule has 0 amide bonds. The number of rotatable bonds is 6. The summed E-state index contributed by atoms with van der Waals surface area (Å²) in [6, 6.07) is 13.1. The van der Waals surface area contributed by atoms with Gasteiger partial charge in [-0.25, -0.2) is 17.8 Å². The maximum absolute atomic E-state index is 13.7. The van der Waals surface area contributed by atoms with Crippen molar-refractivity contribution in [3.05, 3.63) is 65.3 Å². The molecule has 1 fully saturated rings. The predicted octanol–water partition coefficient (Wildman–Crippen LogP) is 4.19. The van der Waals surface area contributed by atoms with Crippen LogP contribution in [0.15, 0.2) is 63.9 Å². The highest BCUT2D eigenvalue weighted by Gasteiger charge is 2.32. The highest BCUT2D eigenvalue weighted by molar-refractivity contribution is 7.89. The fourth-order valence-corrected chi connectivity index (χ4v) is 5.79. The molecule has 168 valence electrons. The van der Waals surface area contributed by atoms with Crippen molar-refractivity contribution in [1.29, 1.82) is 0 Å². The van der Waals surface area contributed by atoms with Crippen molar-refractivity contribution in [2.24, 2.45) is 5.10 Å². The number of thiazole rings is 1. The van der Waals surface area contributed by atoms with Gasteiger partial charge in [-0.1, -0.05) is 30.3 Å². The maximum atomic E-state index is 13.7. The number of nitrogens with one attached hydrogen (secondary N) is 1. The van der Waals surface area contributed by atoms with E-state index in [-0.39, 0.29) is 22.9 Å². The van der Waals surface area contributed by atoms with Crippen molar-refractivity contribution in [1.82, 2.24) is 9.29 Å². The van der Waals surface area contributed by atoms with Crippen LogP contribution in [0.5, 0.6) is 0 Å². The zero-order valence-electron chi connectivity index (χ0n) is 17.6. The number of ether oxygens (including phenoxy) is 1. The molecule has 7 nitrogen and oxygen atoms in total. The van der Waals surface area contributed by atoms with Gasteiger partial charge in [0.1, 0.15) is 5.82 Å². The summed E-state index contributed by atoms with van der Waals surface area (Å²) < 4.78 is 47.1. The summed E-state index contributed by atoms with van der Waals surface area (Å²) in [4.78, 5) is 4.68. The first-order valence-corrected chi connectivity index (χ1v) is 12.4. The number of morpholine rings is 1. The second-order valence-corrected chi connectivity index (χ2v) is 10.3. The molecule has 1 N–H and O–H groups in total. The average molecular weight is 475 g/mol. The van der Waals surface area contributed by atoms with Crippen LogP contribution in [-0.4, -0.2) is 49.2 Å². The van der Waals surface area contributed by atoms with Crippen molar-refractivity contribution in [3.8, 4) is 11.3 Å². The molecule has 10 heteroatoms. The molecule has 0 unspecified atom stereocenters. The Kier molecular flexibility index (Phi) is 6.66. The number of benzene rings is 2. The third-order valence-electron chi connectivity index (χ3n) is 4.93. The molecule has 2 atom stereocenters. The fraction of sp³-hybridized carbons (Fsp3) is 0.273. The first-order chi connectivity index (χ1) is 15.3. The minimum absolute atomic E-state index is 0.159. The van der Waals surface area contributed by atoms with E-state index < -0.39 is 10.0 Å². The Hall–Kier alpha value is -2.66. The number of hydrazone groups is 1. The summed E-state index contributed by atoms with van der Waals surface area (Å²) in [7, 11) is -3.65. The molecule has 0 aliphatic carbocycles. The Balaban J connectivity index is 1.50. The maximum Gasteiger partial charge on any atom is 0.243 e. The van der Waals surface area contributed by atoms with Crippen LogP contribution < -0.4 is 5.43 Å². The quantitative estimate of drug-likeness (QED) is 0.428. The summed E-state index contributed by atoms with van der Waals surface area (Å²) in [5.74, 6) is -0.361. The largest absolute Gasteiger partial charge is 0.373 e. The molecule has 1 aliphatic rings. The van der Waals surface area contributed by atoms with E-state index in [0.29, 0.717) is 35.0 Å². The molecule has 32 heavy (non-hydrogen) atoms. The van der Waals surface area contributed by atoms with E-state index in [2.05, 4.69) is 15.5 Å². The van der Waals surface area contributed by atoms with Crippen LogP contribution in [0.25, 0.3) is 11.3 Å². The SMILES string of the molecule is C[C@H]1CN(S(=O)(=O)c2cccc(-c3csc(N/N=C/c4ccccc4F)n3)c2)C[C@H](C)O1. The van der Waals surface area contributed by atoms with Gasteiger partial charge in [0.2, 0.25) is 15.2 Å². The zero-order chi connectivity index (χ0) is 22.7. The van der Waals surface area contributed by atoms with Gasteiger partial charge in [-0.3, -0.25) is 5.43 Å². The van der Waals surface area contributed by atoms with Crippen LogP contribution in [0.3, 0.4) is 0 Å². The first kappa shape index (κ1) is 22.5. The van der Waals surface area contributed by atoms with Gasteiger partial charge in [0.25, 0.3) is 0 Å². The molecule has 2 aromatic carbocycles. The highest BCUT2D eigenvalue weighted by atomic mass is 32.2. The summed E-state index contributed by atoms with van der Waals surface area (Å²) in [5, 5.41) is 6.35. The number of halogens is 1. The second-order valence-electron chi connectivity index (χ2n) is 7.54. The van der Waals surface area contributed by atoms with Crippen molar-refractivity contribution in [2.75, 3.05) is 18.5 Å². The molecule has 1 saturated heterocycles. The number of sulfonamides is 1. The molecule has 1 aliphatic heterocycles. The first-order valence-electron chi connectivity index (χ1n) is 10.1. The van der Waals surface area contributed by atoms with Gasteiger partial charge in [0.15, 0.2) is 0 Å². The van der Waals surface area contributed by atoms with Crippen LogP contribution in [0.1, 0.15) is 19.4 Å². The van der Waals surface area contributed by atoms with Gasteiger partial charge < -0.3 is 4.74 Å². The number of hydrogen-bond acceptors (Lipinski definition) is 7. The lowest BCUT2D eigenvalue weighted by molar-refractivity contribution is -0.0440. The Morgan fingerprint density at radius 2 is 1.94 bits per heavy atom. The molecule has 2 heterocycles. The van der Waals surface area contributed by atoms with E-state index in [0.717, 1.165) is 0 Å². The Morgan fingerprint density at radius 1 is 1.19 bits per heavy atom. The van der Waals surface area contributed by atoms with Crippen molar-refractivity contribution in [2.45, 2.75) is 31.0 Å². The van der Waals surface area contributed by atoms with Crippen LogP contribution in [-0.2, 0) is 14.8 Å². The smallest absolute Gasteiger partial charge is 0.243 e.